The molecule has 0 unspecified atom stereocenters. The van der Waals surface area contributed by atoms with Gasteiger partial charge < -0.3 is 15.2 Å². The lowest BCUT2D eigenvalue weighted by atomic mass is 10.0. The van der Waals surface area contributed by atoms with Crippen molar-refractivity contribution in [1.82, 2.24) is 9.97 Å². The zero-order valence-electron chi connectivity index (χ0n) is 20.2. The fourth-order valence-corrected chi connectivity index (χ4v) is 4.32. The first-order valence-electron chi connectivity index (χ1n) is 10.4. The number of hydrogen-bond donors (Lipinski definition) is 2. The van der Waals surface area contributed by atoms with Gasteiger partial charge in [-0.15, -0.1) is 6.58 Å². The molecule has 14 heteroatoms. The van der Waals surface area contributed by atoms with Crippen LogP contribution >= 0.6 is 22.9 Å². The number of aromatic carboxylic acids is 1. The van der Waals surface area contributed by atoms with Gasteiger partial charge in [0.25, 0.3) is 0 Å². The smallest absolute Gasteiger partial charge is 0.417 e. The van der Waals surface area contributed by atoms with E-state index in [9.17, 15) is 36.2 Å². The van der Waals surface area contributed by atoms with E-state index in [2.05, 4.69) is 21.9 Å². The molecule has 0 spiro atoms. The molecule has 0 aliphatic rings. The van der Waals surface area contributed by atoms with E-state index in [1.165, 1.54) is 6.07 Å². The van der Waals surface area contributed by atoms with E-state index in [1.54, 1.807) is 19.9 Å². The Morgan fingerprint density at radius 1 is 1.11 bits per heavy atom. The zero-order valence-corrected chi connectivity index (χ0v) is 21.7. The van der Waals surface area contributed by atoms with Crippen LogP contribution in [0.3, 0.4) is 0 Å². The van der Waals surface area contributed by atoms with Crippen LogP contribution in [0, 0.1) is 0 Å². The highest BCUT2D eigenvalue weighted by Crippen LogP contribution is 2.43. The first kappa shape index (κ1) is 32.6. The minimum Gasteiger partial charge on any atom is -0.478 e. The van der Waals surface area contributed by atoms with Gasteiger partial charge in [-0.1, -0.05) is 48.9 Å². The van der Waals surface area contributed by atoms with Gasteiger partial charge in [-0.2, -0.15) is 26.3 Å². The summed E-state index contributed by atoms with van der Waals surface area (Å²) < 4.78 is 77.6. The number of carboxylic acid groups (broad SMARTS) is 1. The SMILES string of the molecule is C=CC.C=O.CC(C)c1nc(Nc2ncc(C(F)(F)F)cc2C(=O)O)sc1-c1ccc(C(F)(F)F)cc1Cl. The lowest BCUT2D eigenvalue weighted by Gasteiger charge is -2.11. The number of halogens is 7. The summed E-state index contributed by atoms with van der Waals surface area (Å²) in [5.41, 5.74) is -2.15. The zero-order chi connectivity index (χ0) is 29.4. The van der Waals surface area contributed by atoms with Gasteiger partial charge >= 0.3 is 18.3 Å². The monoisotopic (exact) mass is 581 g/mol. The van der Waals surface area contributed by atoms with Gasteiger partial charge in [0, 0.05) is 16.8 Å². The number of thiazole rings is 1. The van der Waals surface area contributed by atoms with Crippen molar-refractivity contribution < 1.29 is 41.0 Å². The molecule has 6 nitrogen and oxygen atoms in total. The summed E-state index contributed by atoms with van der Waals surface area (Å²) in [5, 5.41) is 11.8. The Morgan fingerprint density at radius 2 is 1.66 bits per heavy atom. The maximum atomic E-state index is 13.0. The number of allylic oxidation sites excluding steroid dienone is 1. The van der Waals surface area contributed by atoms with E-state index >= 15 is 0 Å². The number of nitrogens with zero attached hydrogens (tertiary/aromatic N) is 2. The summed E-state index contributed by atoms with van der Waals surface area (Å²) in [7, 11) is 0. The number of pyridine rings is 1. The Kier molecular flexibility index (Phi) is 11.5. The third-order valence-corrected chi connectivity index (χ3v) is 5.74. The normalized spacial score (nSPS) is 11.1. The van der Waals surface area contributed by atoms with Gasteiger partial charge in [-0.05, 0) is 31.0 Å². The van der Waals surface area contributed by atoms with Crippen molar-refractivity contribution in [3.63, 3.8) is 0 Å². The van der Waals surface area contributed by atoms with Crippen LogP contribution in [0.4, 0.5) is 37.3 Å². The number of carboxylic acids is 1. The number of carbonyl (C=O) groups excluding carboxylic acids is 1. The minimum atomic E-state index is -4.78. The number of benzene rings is 1. The summed E-state index contributed by atoms with van der Waals surface area (Å²) in [6.07, 6.45) is -7.13. The minimum absolute atomic E-state index is 0.0828. The largest absolute Gasteiger partial charge is 0.478 e. The van der Waals surface area contributed by atoms with Crippen LogP contribution in [0.2, 0.25) is 5.02 Å². The Balaban J connectivity index is 0.00000135. The van der Waals surface area contributed by atoms with Crippen molar-refractivity contribution in [2.45, 2.75) is 39.0 Å². The maximum absolute atomic E-state index is 13.0. The molecule has 38 heavy (non-hydrogen) atoms. The van der Waals surface area contributed by atoms with Crippen LogP contribution in [0.5, 0.6) is 0 Å². The van der Waals surface area contributed by atoms with Gasteiger partial charge in [0.15, 0.2) is 5.13 Å². The molecule has 2 N–H and O–H groups in total. The molecule has 0 radical (unpaired) electrons. The Bertz CT molecular complexity index is 1280. The van der Waals surface area contributed by atoms with Gasteiger partial charge in [-0.3, -0.25) is 0 Å². The van der Waals surface area contributed by atoms with Crippen molar-refractivity contribution in [2.75, 3.05) is 5.32 Å². The Labute approximate surface area is 223 Å². The van der Waals surface area contributed by atoms with E-state index in [4.69, 9.17) is 16.4 Å². The van der Waals surface area contributed by atoms with Crippen LogP contribution in [-0.2, 0) is 17.1 Å². The molecule has 0 fully saturated rings. The first-order chi connectivity index (χ1) is 17.6. The van der Waals surface area contributed by atoms with Gasteiger partial charge in [-0.25, -0.2) is 14.8 Å². The second-order valence-electron chi connectivity index (χ2n) is 7.54. The molecule has 2 heterocycles. The predicted molar refractivity (Wildman–Crippen MR) is 134 cm³/mol. The van der Waals surface area contributed by atoms with Gasteiger partial charge in [0.1, 0.15) is 18.2 Å². The first-order valence-corrected chi connectivity index (χ1v) is 11.6. The standard InChI is InChI=1S/C20H14ClF6N3O2S.C3H6.CH2O/c1-8(2)14-15(11-4-3-9(6-13(11)21)19(22,23)24)33-18(29-14)30-16-12(17(31)32)5-10(7-28-16)20(25,26)27;1-3-2;1-2/h3-8H,1-2H3,(H,31,32)(H,28,29,30);3H,1H2,2H3;1H2. The lowest BCUT2D eigenvalue weighted by Crippen LogP contribution is -2.11. The molecule has 0 bridgehead atoms. The molecule has 1 aromatic carbocycles. The van der Waals surface area contributed by atoms with Crippen LogP contribution in [0.15, 0.2) is 43.1 Å². The molecule has 0 aliphatic heterocycles. The van der Waals surface area contributed by atoms with Crippen molar-refractivity contribution in [2.24, 2.45) is 0 Å². The Morgan fingerprint density at radius 3 is 2.11 bits per heavy atom. The van der Waals surface area contributed by atoms with E-state index in [-0.39, 0.29) is 27.5 Å². The fourth-order valence-electron chi connectivity index (χ4n) is 2.83. The molecule has 0 aliphatic carbocycles. The van der Waals surface area contributed by atoms with Crippen LogP contribution < -0.4 is 5.32 Å². The summed E-state index contributed by atoms with van der Waals surface area (Å²) in [4.78, 5) is 27.8. The molecule has 3 aromatic rings. The van der Waals surface area contributed by atoms with Crippen LogP contribution in [0.25, 0.3) is 10.4 Å². The molecule has 0 atom stereocenters. The van der Waals surface area contributed by atoms with Crippen molar-refractivity contribution >= 4 is 46.6 Å². The Hall–Kier alpha value is -3.45. The average molecular weight is 582 g/mol. The molecule has 206 valence electrons. The van der Waals surface area contributed by atoms with Crippen LogP contribution in [-0.4, -0.2) is 27.8 Å². The number of carbonyl (C=O) groups is 2. The molecule has 0 saturated heterocycles. The highest BCUT2D eigenvalue weighted by molar-refractivity contribution is 7.19. The summed E-state index contributed by atoms with van der Waals surface area (Å²) in [6.45, 7) is 10.8. The number of rotatable bonds is 5. The number of alkyl halides is 6. The third-order valence-electron chi connectivity index (χ3n) is 4.41. The van der Waals surface area contributed by atoms with Gasteiger partial charge in [0.05, 0.1) is 21.7 Å². The van der Waals surface area contributed by atoms with Crippen molar-refractivity contribution in [3.05, 3.63) is 70.5 Å². The summed E-state index contributed by atoms with van der Waals surface area (Å²) >= 11 is 7.06. The number of anilines is 2. The molecule has 0 amide bonds. The van der Waals surface area contributed by atoms with E-state index in [0.29, 0.717) is 22.8 Å². The number of hydrogen-bond acceptors (Lipinski definition) is 6. The molecule has 3 rings (SSSR count). The highest BCUT2D eigenvalue weighted by atomic mass is 35.5. The summed E-state index contributed by atoms with van der Waals surface area (Å²) in [5.74, 6) is -2.21. The topological polar surface area (TPSA) is 92.2 Å². The second-order valence-corrected chi connectivity index (χ2v) is 8.94. The van der Waals surface area contributed by atoms with Gasteiger partial charge in [0.2, 0.25) is 0 Å². The second kappa shape index (κ2) is 13.4. The van der Waals surface area contributed by atoms with Crippen molar-refractivity contribution in [1.29, 1.82) is 0 Å². The lowest BCUT2D eigenvalue weighted by molar-refractivity contribution is -0.138. The molecular weight excluding hydrogens is 560 g/mol. The summed E-state index contributed by atoms with van der Waals surface area (Å²) in [6, 6.07) is 3.31. The van der Waals surface area contributed by atoms with E-state index in [0.717, 1.165) is 23.5 Å². The maximum Gasteiger partial charge on any atom is 0.417 e. The molecule has 2 aromatic heterocycles. The van der Waals surface area contributed by atoms with Crippen LogP contribution in [0.1, 0.15) is 53.9 Å². The molecular formula is C24H22ClF6N3O3S. The number of nitrogens with one attached hydrogen (secondary N) is 1. The quantitative estimate of drug-likeness (QED) is 0.232. The fraction of sp³-hybridized carbons (Fsp3) is 0.250. The number of aromatic nitrogens is 2. The average Bonchev–Trinajstić information content (AvgIpc) is 3.23. The predicted octanol–water partition coefficient (Wildman–Crippen LogP) is 8.47. The highest BCUT2D eigenvalue weighted by Gasteiger charge is 2.33. The third kappa shape index (κ3) is 8.28. The molecule has 0 saturated carbocycles. The van der Waals surface area contributed by atoms with Crippen molar-refractivity contribution in [3.8, 4) is 10.4 Å². The van der Waals surface area contributed by atoms with E-state index in [1.807, 2.05) is 13.7 Å². The van der Waals surface area contributed by atoms with E-state index < -0.39 is 35.0 Å².